The molecule has 0 radical (unpaired) electrons. The molecule has 0 rings (SSSR count). The van der Waals surface area contributed by atoms with Crippen LogP contribution in [0.4, 0.5) is 4.79 Å². The largest absolute Gasteiger partial charge is 0.480 e. The van der Waals surface area contributed by atoms with Crippen molar-refractivity contribution in [2.75, 3.05) is 0 Å². The molecule has 2 unspecified atom stereocenters. The van der Waals surface area contributed by atoms with Crippen LogP contribution in [0.3, 0.4) is 0 Å². The van der Waals surface area contributed by atoms with Gasteiger partial charge in [-0.2, -0.15) is 0 Å². The summed E-state index contributed by atoms with van der Waals surface area (Å²) in [5.74, 6) is -3.29. The molecule has 0 aliphatic rings. The Morgan fingerprint density at radius 2 is 1.63 bits per heavy atom. The fraction of sp³-hybridized carbons (Fsp3) is 0.600. The van der Waals surface area contributed by atoms with Gasteiger partial charge in [0.2, 0.25) is 11.8 Å². The van der Waals surface area contributed by atoms with Gasteiger partial charge in [0.25, 0.3) is 0 Å². The highest BCUT2D eigenvalue weighted by Crippen LogP contribution is 2.01. The molecule has 0 aromatic heterocycles. The maximum absolute atomic E-state index is 11.5. The van der Waals surface area contributed by atoms with Crippen molar-refractivity contribution in [3.63, 3.8) is 0 Å². The van der Waals surface area contributed by atoms with Crippen LogP contribution in [0.5, 0.6) is 0 Å². The fourth-order valence-electron chi connectivity index (χ4n) is 1.31. The second kappa shape index (κ2) is 7.19. The second-order valence-corrected chi connectivity index (χ2v) is 4.30. The van der Waals surface area contributed by atoms with Crippen molar-refractivity contribution in [2.24, 2.45) is 17.4 Å². The molecule has 2 atom stereocenters. The van der Waals surface area contributed by atoms with E-state index in [-0.39, 0.29) is 5.92 Å². The van der Waals surface area contributed by atoms with Crippen LogP contribution >= 0.6 is 0 Å². The zero-order chi connectivity index (χ0) is 15.2. The van der Waals surface area contributed by atoms with E-state index in [1.54, 1.807) is 13.8 Å². The highest BCUT2D eigenvalue weighted by molar-refractivity contribution is 5.90. The molecule has 19 heavy (non-hydrogen) atoms. The van der Waals surface area contributed by atoms with Crippen LogP contribution in [0.1, 0.15) is 20.3 Å². The predicted molar refractivity (Wildman–Crippen MR) is 64.7 cm³/mol. The minimum atomic E-state index is -1.46. The number of hydrogen-bond donors (Lipinski definition) is 5. The minimum absolute atomic E-state index is 0.261. The van der Waals surface area contributed by atoms with E-state index in [2.05, 4.69) is 5.32 Å². The third-order valence-corrected chi connectivity index (χ3v) is 2.27. The summed E-state index contributed by atoms with van der Waals surface area (Å²) in [7, 11) is 0. The predicted octanol–water partition coefficient (Wildman–Crippen LogP) is -1.88. The molecule has 0 saturated heterocycles. The quantitative estimate of drug-likeness (QED) is 0.366. The number of urea groups is 1. The average Bonchev–Trinajstić information content (AvgIpc) is 2.23. The van der Waals surface area contributed by atoms with Gasteiger partial charge in [-0.15, -0.1) is 0 Å². The van der Waals surface area contributed by atoms with E-state index in [9.17, 15) is 19.2 Å². The summed E-state index contributed by atoms with van der Waals surface area (Å²) in [5, 5.41) is 13.0. The van der Waals surface area contributed by atoms with Gasteiger partial charge < -0.3 is 27.2 Å². The van der Waals surface area contributed by atoms with Crippen LogP contribution in [0, 0.1) is 5.92 Å². The van der Waals surface area contributed by atoms with Gasteiger partial charge in [0.15, 0.2) is 0 Å². The van der Waals surface area contributed by atoms with Gasteiger partial charge in [-0.1, -0.05) is 13.8 Å². The van der Waals surface area contributed by atoms with Crippen molar-refractivity contribution >= 4 is 23.8 Å². The van der Waals surface area contributed by atoms with E-state index >= 15 is 0 Å². The number of carboxylic acid groups (broad SMARTS) is 1. The first kappa shape index (κ1) is 16.7. The Morgan fingerprint density at radius 3 is 1.95 bits per heavy atom. The van der Waals surface area contributed by atoms with Gasteiger partial charge in [0.05, 0.1) is 6.42 Å². The van der Waals surface area contributed by atoms with E-state index in [4.69, 9.17) is 16.6 Å². The molecule has 0 spiro atoms. The third kappa shape index (κ3) is 6.24. The summed E-state index contributed by atoms with van der Waals surface area (Å²) in [4.78, 5) is 44.0. The molecule has 0 heterocycles. The average molecular weight is 274 g/mol. The second-order valence-electron chi connectivity index (χ2n) is 4.30. The number of amides is 4. The Balaban J connectivity index is 4.60. The Morgan fingerprint density at radius 1 is 1.11 bits per heavy atom. The van der Waals surface area contributed by atoms with E-state index in [0.717, 1.165) is 0 Å². The molecular formula is C10H18N4O5. The van der Waals surface area contributed by atoms with Crippen LogP contribution in [-0.4, -0.2) is 41.0 Å². The first-order valence-corrected chi connectivity index (χ1v) is 5.52. The highest BCUT2D eigenvalue weighted by atomic mass is 16.4. The molecular weight excluding hydrogens is 256 g/mol. The smallest absolute Gasteiger partial charge is 0.326 e. The highest BCUT2D eigenvalue weighted by Gasteiger charge is 2.26. The number of hydrogen-bond acceptors (Lipinski definition) is 4. The van der Waals surface area contributed by atoms with Gasteiger partial charge in [-0.25, -0.2) is 9.59 Å². The van der Waals surface area contributed by atoms with Crippen molar-refractivity contribution in [2.45, 2.75) is 32.4 Å². The van der Waals surface area contributed by atoms with Gasteiger partial charge in [0, 0.05) is 0 Å². The summed E-state index contributed by atoms with van der Waals surface area (Å²) >= 11 is 0. The number of carbonyl (C=O) groups excluding carboxylic acids is 3. The lowest BCUT2D eigenvalue weighted by Crippen LogP contribution is -2.54. The molecule has 0 fully saturated rings. The number of rotatable bonds is 7. The SMILES string of the molecule is CC(C)C(NC(=O)NC(CC(N)=O)C(=O)O)C(N)=O. The number of carbonyl (C=O) groups is 4. The summed E-state index contributed by atoms with van der Waals surface area (Å²) in [6.07, 6.45) is -0.550. The lowest BCUT2D eigenvalue weighted by molar-refractivity contribution is -0.140. The van der Waals surface area contributed by atoms with Crippen LogP contribution in [0.2, 0.25) is 0 Å². The summed E-state index contributed by atoms with van der Waals surface area (Å²) in [5.41, 5.74) is 9.94. The molecule has 4 amide bonds. The van der Waals surface area contributed by atoms with Crippen molar-refractivity contribution in [3.8, 4) is 0 Å². The van der Waals surface area contributed by atoms with Crippen LogP contribution in [0.15, 0.2) is 0 Å². The Labute approximate surface area is 109 Å². The molecule has 0 saturated carbocycles. The van der Waals surface area contributed by atoms with E-state index in [1.165, 1.54) is 0 Å². The molecule has 9 heteroatoms. The monoisotopic (exact) mass is 274 g/mol. The fourth-order valence-corrected chi connectivity index (χ4v) is 1.31. The topological polar surface area (TPSA) is 165 Å². The molecule has 9 nitrogen and oxygen atoms in total. The molecule has 0 aromatic rings. The zero-order valence-corrected chi connectivity index (χ0v) is 10.7. The van der Waals surface area contributed by atoms with Gasteiger partial charge in [-0.05, 0) is 5.92 Å². The molecule has 7 N–H and O–H groups in total. The standard InChI is InChI=1S/C10H18N4O5/c1-4(2)7(8(12)16)14-10(19)13-5(9(17)18)3-6(11)15/h4-5,7H,3H2,1-2H3,(H2,11,15)(H2,12,16)(H,17,18)(H2,13,14,19). The Kier molecular flexibility index (Phi) is 6.31. The van der Waals surface area contributed by atoms with Crippen LogP contribution in [0.25, 0.3) is 0 Å². The normalized spacial score (nSPS) is 13.4. The first-order chi connectivity index (χ1) is 8.65. The summed E-state index contributed by atoms with van der Waals surface area (Å²) in [6.45, 7) is 3.32. The van der Waals surface area contributed by atoms with Crippen LogP contribution in [-0.2, 0) is 14.4 Å². The number of nitrogens with two attached hydrogens (primary N) is 2. The van der Waals surface area contributed by atoms with Crippen molar-refractivity contribution < 1.29 is 24.3 Å². The lowest BCUT2D eigenvalue weighted by atomic mass is 10.0. The van der Waals surface area contributed by atoms with E-state index in [0.29, 0.717) is 0 Å². The number of primary amides is 2. The molecule has 0 aliphatic carbocycles. The van der Waals surface area contributed by atoms with Crippen LogP contribution < -0.4 is 22.1 Å². The number of nitrogens with one attached hydrogen (secondary N) is 2. The molecule has 0 aliphatic heterocycles. The molecule has 0 bridgehead atoms. The van der Waals surface area contributed by atoms with Gasteiger partial charge in [0.1, 0.15) is 12.1 Å². The van der Waals surface area contributed by atoms with Gasteiger partial charge >= 0.3 is 12.0 Å². The van der Waals surface area contributed by atoms with E-state index < -0.39 is 42.3 Å². The van der Waals surface area contributed by atoms with Crippen molar-refractivity contribution in [1.82, 2.24) is 10.6 Å². The minimum Gasteiger partial charge on any atom is -0.480 e. The van der Waals surface area contributed by atoms with Crippen molar-refractivity contribution in [1.29, 1.82) is 0 Å². The number of carboxylic acids is 1. The third-order valence-electron chi connectivity index (χ3n) is 2.27. The van der Waals surface area contributed by atoms with Gasteiger partial charge in [-0.3, -0.25) is 9.59 Å². The lowest BCUT2D eigenvalue weighted by Gasteiger charge is -2.20. The maximum atomic E-state index is 11.5. The maximum Gasteiger partial charge on any atom is 0.326 e. The zero-order valence-electron chi connectivity index (χ0n) is 10.7. The molecule has 108 valence electrons. The summed E-state index contributed by atoms with van der Waals surface area (Å²) < 4.78 is 0. The Hall–Kier alpha value is -2.32. The number of aliphatic carboxylic acids is 1. The Bertz CT molecular complexity index is 382. The first-order valence-electron chi connectivity index (χ1n) is 5.52. The van der Waals surface area contributed by atoms with Crippen molar-refractivity contribution in [3.05, 3.63) is 0 Å². The molecule has 0 aromatic carbocycles. The van der Waals surface area contributed by atoms with E-state index in [1.807, 2.05) is 5.32 Å². The summed E-state index contributed by atoms with van der Waals surface area (Å²) in [6, 6.07) is -3.31.